The summed E-state index contributed by atoms with van der Waals surface area (Å²) in [4.78, 5) is 0. The molecular weight excluding hydrogens is 167 g/mol. The van der Waals surface area contributed by atoms with E-state index < -0.39 is 6.17 Å². The Balaban J connectivity index is 2.09. The molecule has 1 rings (SSSR count). The average molecular weight is 188 g/mol. The first-order valence-corrected chi connectivity index (χ1v) is 5.60. The Hall–Kier alpha value is -0.110. The summed E-state index contributed by atoms with van der Waals surface area (Å²) < 4.78 is 18.9. The molecule has 0 radical (unpaired) electrons. The number of hydrogen-bond donors (Lipinski definition) is 0. The lowest BCUT2D eigenvalue weighted by atomic mass is 10.0. The van der Waals surface area contributed by atoms with Gasteiger partial charge in [0.2, 0.25) is 0 Å². The summed E-state index contributed by atoms with van der Waals surface area (Å²) in [5.74, 6) is 0. The SMILES string of the molecule is CCCCCC(F)C1CCCCO1. The van der Waals surface area contributed by atoms with E-state index in [2.05, 4.69) is 6.92 Å². The highest BCUT2D eigenvalue weighted by Gasteiger charge is 2.23. The standard InChI is InChI=1S/C11H21FO/c1-2-3-4-7-10(12)11-8-5-6-9-13-11/h10-11H,2-9H2,1H3. The second-order valence-electron chi connectivity index (χ2n) is 3.92. The van der Waals surface area contributed by atoms with Gasteiger partial charge >= 0.3 is 0 Å². The molecular formula is C11H21FO. The highest BCUT2D eigenvalue weighted by molar-refractivity contribution is 4.72. The third-order valence-electron chi connectivity index (χ3n) is 2.70. The van der Waals surface area contributed by atoms with Gasteiger partial charge in [-0.1, -0.05) is 26.2 Å². The Morgan fingerprint density at radius 2 is 2.23 bits per heavy atom. The van der Waals surface area contributed by atoms with Crippen molar-refractivity contribution < 1.29 is 9.13 Å². The van der Waals surface area contributed by atoms with Crippen LogP contribution in [0.2, 0.25) is 0 Å². The van der Waals surface area contributed by atoms with Crippen LogP contribution in [0.3, 0.4) is 0 Å². The highest BCUT2D eigenvalue weighted by Crippen LogP contribution is 2.21. The first-order chi connectivity index (χ1) is 6.34. The van der Waals surface area contributed by atoms with Crippen LogP contribution < -0.4 is 0 Å². The predicted molar refractivity (Wildman–Crippen MR) is 52.6 cm³/mol. The molecule has 0 bridgehead atoms. The number of rotatable bonds is 5. The van der Waals surface area contributed by atoms with E-state index in [0.29, 0.717) is 6.42 Å². The first kappa shape index (κ1) is 11.0. The molecule has 0 spiro atoms. The number of hydrogen-bond acceptors (Lipinski definition) is 1. The van der Waals surface area contributed by atoms with Crippen LogP contribution in [0, 0.1) is 0 Å². The molecule has 0 amide bonds. The van der Waals surface area contributed by atoms with Gasteiger partial charge < -0.3 is 4.74 Å². The molecule has 0 saturated carbocycles. The smallest absolute Gasteiger partial charge is 0.126 e. The average Bonchev–Trinajstić information content (AvgIpc) is 2.19. The van der Waals surface area contributed by atoms with E-state index >= 15 is 0 Å². The van der Waals surface area contributed by atoms with E-state index in [1.807, 2.05) is 0 Å². The fourth-order valence-electron chi connectivity index (χ4n) is 1.83. The lowest BCUT2D eigenvalue weighted by Crippen LogP contribution is -2.29. The second-order valence-corrected chi connectivity index (χ2v) is 3.92. The van der Waals surface area contributed by atoms with Crippen molar-refractivity contribution in [2.75, 3.05) is 6.61 Å². The highest BCUT2D eigenvalue weighted by atomic mass is 19.1. The summed E-state index contributed by atoms with van der Waals surface area (Å²) in [6.45, 7) is 2.91. The van der Waals surface area contributed by atoms with Gasteiger partial charge in [-0.25, -0.2) is 4.39 Å². The summed E-state index contributed by atoms with van der Waals surface area (Å²) in [5, 5.41) is 0. The van der Waals surface area contributed by atoms with E-state index in [1.165, 1.54) is 0 Å². The van der Waals surface area contributed by atoms with Gasteiger partial charge in [0.05, 0.1) is 6.10 Å². The summed E-state index contributed by atoms with van der Waals surface area (Å²) in [6.07, 6.45) is 6.38. The van der Waals surface area contributed by atoms with Crippen LogP contribution in [0.4, 0.5) is 4.39 Å². The maximum atomic E-state index is 13.5. The molecule has 2 atom stereocenters. The molecule has 1 aliphatic rings. The number of unbranched alkanes of at least 4 members (excludes halogenated alkanes) is 2. The van der Waals surface area contributed by atoms with Gasteiger partial charge in [0, 0.05) is 6.61 Å². The second kappa shape index (κ2) is 6.36. The molecule has 2 unspecified atom stereocenters. The third-order valence-corrected chi connectivity index (χ3v) is 2.70. The predicted octanol–water partition coefficient (Wildman–Crippen LogP) is 3.47. The monoisotopic (exact) mass is 188 g/mol. The molecule has 1 fully saturated rings. The Morgan fingerprint density at radius 1 is 1.38 bits per heavy atom. The van der Waals surface area contributed by atoms with Gasteiger partial charge in [0.15, 0.2) is 0 Å². The topological polar surface area (TPSA) is 9.23 Å². The van der Waals surface area contributed by atoms with Crippen LogP contribution in [0.15, 0.2) is 0 Å². The molecule has 0 N–H and O–H groups in total. The Labute approximate surface area is 80.7 Å². The van der Waals surface area contributed by atoms with E-state index in [4.69, 9.17) is 4.74 Å². The fourth-order valence-corrected chi connectivity index (χ4v) is 1.83. The molecule has 0 aromatic rings. The molecule has 1 aliphatic heterocycles. The summed E-state index contributed by atoms with van der Waals surface area (Å²) >= 11 is 0. The Morgan fingerprint density at radius 3 is 2.85 bits per heavy atom. The minimum Gasteiger partial charge on any atom is -0.375 e. The quantitative estimate of drug-likeness (QED) is 0.600. The maximum absolute atomic E-state index is 13.5. The summed E-state index contributed by atoms with van der Waals surface area (Å²) in [7, 11) is 0. The van der Waals surface area contributed by atoms with Gasteiger partial charge in [0.1, 0.15) is 6.17 Å². The Bertz CT molecular complexity index is 121. The number of ether oxygens (including phenoxy) is 1. The zero-order chi connectivity index (χ0) is 9.52. The number of halogens is 1. The molecule has 2 heteroatoms. The van der Waals surface area contributed by atoms with Gasteiger partial charge in [-0.2, -0.15) is 0 Å². The molecule has 13 heavy (non-hydrogen) atoms. The van der Waals surface area contributed by atoms with Crippen molar-refractivity contribution in [3.8, 4) is 0 Å². The van der Waals surface area contributed by atoms with Crippen LogP contribution in [-0.2, 0) is 4.74 Å². The lowest BCUT2D eigenvalue weighted by molar-refractivity contribution is -0.0348. The van der Waals surface area contributed by atoms with Crippen molar-refractivity contribution in [3.05, 3.63) is 0 Å². The molecule has 1 saturated heterocycles. The van der Waals surface area contributed by atoms with Crippen molar-refractivity contribution in [1.82, 2.24) is 0 Å². The van der Waals surface area contributed by atoms with Crippen molar-refractivity contribution in [1.29, 1.82) is 0 Å². The molecule has 78 valence electrons. The third kappa shape index (κ3) is 4.08. The van der Waals surface area contributed by atoms with Crippen LogP contribution >= 0.6 is 0 Å². The zero-order valence-electron chi connectivity index (χ0n) is 8.60. The molecule has 0 aromatic carbocycles. The van der Waals surface area contributed by atoms with Gasteiger partial charge in [-0.05, 0) is 25.7 Å². The molecule has 0 aromatic heterocycles. The van der Waals surface area contributed by atoms with Crippen molar-refractivity contribution in [3.63, 3.8) is 0 Å². The maximum Gasteiger partial charge on any atom is 0.126 e. The van der Waals surface area contributed by atoms with Crippen molar-refractivity contribution >= 4 is 0 Å². The minimum atomic E-state index is -0.716. The molecule has 1 heterocycles. The minimum absolute atomic E-state index is 0.0920. The largest absolute Gasteiger partial charge is 0.375 e. The van der Waals surface area contributed by atoms with Crippen LogP contribution in [-0.4, -0.2) is 18.9 Å². The molecule has 1 nitrogen and oxygen atoms in total. The van der Waals surface area contributed by atoms with E-state index in [1.54, 1.807) is 0 Å². The van der Waals surface area contributed by atoms with Gasteiger partial charge in [-0.3, -0.25) is 0 Å². The van der Waals surface area contributed by atoms with Crippen LogP contribution in [0.1, 0.15) is 51.9 Å². The van der Waals surface area contributed by atoms with E-state index in [9.17, 15) is 4.39 Å². The number of alkyl halides is 1. The Kier molecular flexibility index (Phi) is 5.37. The van der Waals surface area contributed by atoms with Crippen LogP contribution in [0.25, 0.3) is 0 Å². The van der Waals surface area contributed by atoms with E-state index in [0.717, 1.165) is 45.1 Å². The van der Waals surface area contributed by atoms with Crippen molar-refractivity contribution in [2.45, 2.75) is 64.1 Å². The molecule has 0 aliphatic carbocycles. The summed E-state index contributed by atoms with van der Waals surface area (Å²) in [6, 6.07) is 0. The van der Waals surface area contributed by atoms with E-state index in [-0.39, 0.29) is 6.10 Å². The van der Waals surface area contributed by atoms with Gasteiger partial charge in [-0.15, -0.1) is 0 Å². The lowest BCUT2D eigenvalue weighted by Gasteiger charge is -2.25. The first-order valence-electron chi connectivity index (χ1n) is 5.60. The fraction of sp³-hybridized carbons (Fsp3) is 1.00. The normalized spacial score (nSPS) is 25.8. The zero-order valence-corrected chi connectivity index (χ0v) is 8.60. The van der Waals surface area contributed by atoms with Gasteiger partial charge in [0.25, 0.3) is 0 Å². The summed E-state index contributed by atoms with van der Waals surface area (Å²) in [5.41, 5.74) is 0. The van der Waals surface area contributed by atoms with Crippen LogP contribution in [0.5, 0.6) is 0 Å². The van der Waals surface area contributed by atoms with Crippen molar-refractivity contribution in [2.24, 2.45) is 0 Å².